The second-order valence-electron chi connectivity index (χ2n) is 5.16. The molecule has 4 N–H and O–H groups in total. The summed E-state index contributed by atoms with van der Waals surface area (Å²) in [6.07, 6.45) is -15.0. The van der Waals surface area contributed by atoms with Crippen molar-refractivity contribution in [2.75, 3.05) is 26.2 Å². The summed E-state index contributed by atoms with van der Waals surface area (Å²) in [4.78, 5) is 29.9. The molecule has 0 aromatic rings. The molecule has 0 aliphatic carbocycles. The predicted molar refractivity (Wildman–Crippen MR) is 78.3 cm³/mol. The van der Waals surface area contributed by atoms with Gasteiger partial charge in [0.1, 0.15) is 0 Å². The highest BCUT2D eigenvalue weighted by molar-refractivity contribution is 6.00. The second kappa shape index (κ2) is 12.5. The summed E-state index contributed by atoms with van der Waals surface area (Å²) in [6, 6.07) is 0. The highest BCUT2D eigenvalue weighted by Crippen LogP contribution is 2.24. The minimum atomic E-state index is -5.55. The van der Waals surface area contributed by atoms with Gasteiger partial charge in [-0.05, 0) is 38.9 Å². The zero-order valence-corrected chi connectivity index (χ0v) is 14.5. The number of imide groups is 1. The lowest BCUT2D eigenvalue weighted by Gasteiger charge is -2.22. The van der Waals surface area contributed by atoms with Crippen molar-refractivity contribution in [3.05, 3.63) is 0 Å². The molecule has 0 bridgehead atoms. The zero-order valence-electron chi connectivity index (χ0n) is 14.5. The third-order valence-corrected chi connectivity index (χ3v) is 2.76. The van der Waals surface area contributed by atoms with Crippen LogP contribution in [0.5, 0.6) is 0 Å². The normalized spacial score (nSPS) is 12.1. The highest BCUT2D eigenvalue weighted by Gasteiger charge is 2.51. The van der Waals surface area contributed by atoms with Crippen LogP contribution in [0.1, 0.15) is 19.3 Å². The van der Waals surface area contributed by atoms with Crippen molar-refractivity contribution in [1.82, 2.24) is 10.2 Å². The molecular weight excluding hydrogens is 433 g/mol. The molecule has 0 atom stereocenters. The number of amides is 2. The Morgan fingerprint density at radius 2 is 1.14 bits per heavy atom. The van der Waals surface area contributed by atoms with Crippen molar-refractivity contribution < 1.29 is 59.0 Å². The van der Waals surface area contributed by atoms with E-state index in [4.69, 9.17) is 15.6 Å². The van der Waals surface area contributed by atoms with Gasteiger partial charge in [-0.25, -0.2) is 4.79 Å². The molecule has 16 heteroatoms. The van der Waals surface area contributed by atoms with Crippen LogP contribution in [0, 0.1) is 0 Å². The second-order valence-corrected chi connectivity index (χ2v) is 5.16. The number of nitrogens with two attached hydrogens (primary N) is 1. The molecule has 0 spiro atoms. The lowest BCUT2D eigenvalue weighted by atomic mass is 10.3. The van der Waals surface area contributed by atoms with E-state index in [0.717, 1.165) is 6.42 Å². The number of hydrogen-bond donors (Lipinski definition) is 3. The van der Waals surface area contributed by atoms with E-state index in [2.05, 4.69) is 5.32 Å². The lowest BCUT2D eigenvalue weighted by Crippen LogP contribution is -2.50. The summed E-state index contributed by atoms with van der Waals surface area (Å²) in [5.41, 5.74) is 5.23. The topological polar surface area (TPSA) is 113 Å². The maximum Gasteiger partial charge on any atom is 0.490 e. The van der Waals surface area contributed by atoms with Crippen LogP contribution in [0.25, 0.3) is 0 Å². The number of rotatable bonds is 8. The summed E-state index contributed by atoms with van der Waals surface area (Å²) in [7, 11) is 0. The molecule has 0 saturated carbocycles. The van der Waals surface area contributed by atoms with Gasteiger partial charge in [0.2, 0.25) is 0 Å². The van der Waals surface area contributed by atoms with E-state index in [1.807, 2.05) is 0 Å². The quantitative estimate of drug-likeness (QED) is 0.384. The maximum absolute atomic E-state index is 12.2. The van der Waals surface area contributed by atoms with E-state index in [1.165, 1.54) is 0 Å². The fourth-order valence-electron chi connectivity index (χ4n) is 1.48. The summed E-state index contributed by atoms with van der Waals surface area (Å²) in [5.74, 6) is -8.40. The largest absolute Gasteiger partial charge is 0.490 e. The van der Waals surface area contributed by atoms with Crippen LogP contribution in [-0.2, 0) is 14.4 Å². The fourth-order valence-corrected chi connectivity index (χ4v) is 1.48. The number of hydrogen-bond acceptors (Lipinski definition) is 5. The number of nitrogens with zero attached hydrogens (tertiary/aromatic N) is 1. The van der Waals surface area contributed by atoms with E-state index in [-0.39, 0.29) is 13.0 Å². The Morgan fingerprint density at radius 1 is 0.759 bits per heavy atom. The first kappa shape index (κ1) is 29.1. The molecule has 0 rings (SSSR count). The number of carboxylic acids is 1. The lowest BCUT2D eigenvalue weighted by molar-refractivity contribution is -0.204. The molecule has 172 valence electrons. The van der Waals surface area contributed by atoms with E-state index in [1.54, 1.807) is 0 Å². The Hall–Kier alpha value is -2.10. The minimum absolute atomic E-state index is 0.0668. The average molecular weight is 451 g/mol. The molecule has 0 aromatic heterocycles. The number of nitrogens with one attached hydrogen (secondary N) is 1. The molecule has 0 heterocycles. The first-order valence-electron chi connectivity index (χ1n) is 7.67. The smallest absolute Gasteiger partial charge is 0.475 e. The van der Waals surface area contributed by atoms with Crippen LogP contribution < -0.4 is 11.1 Å². The Labute approximate surface area is 158 Å². The molecule has 0 radical (unpaired) electrons. The molecule has 0 aromatic carbocycles. The van der Waals surface area contributed by atoms with Gasteiger partial charge in [0, 0.05) is 6.54 Å². The molecule has 0 fully saturated rings. The summed E-state index contributed by atoms with van der Waals surface area (Å²) >= 11 is 0. The molecule has 7 nitrogen and oxygen atoms in total. The predicted octanol–water partition coefficient (Wildman–Crippen LogP) is 1.82. The van der Waals surface area contributed by atoms with E-state index in [9.17, 15) is 49.1 Å². The molecule has 0 aliphatic heterocycles. The number of alkyl halides is 9. The zero-order chi connectivity index (χ0) is 23.5. The highest BCUT2D eigenvalue weighted by atomic mass is 19.4. The number of carboxylic acid groups (broad SMARTS) is 1. The van der Waals surface area contributed by atoms with Crippen LogP contribution in [0.3, 0.4) is 0 Å². The van der Waals surface area contributed by atoms with Gasteiger partial charge in [-0.1, -0.05) is 0 Å². The first-order chi connectivity index (χ1) is 13.0. The number of halogens is 9. The van der Waals surface area contributed by atoms with E-state index >= 15 is 0 Å². The number of unbranched alkanes of at least 4 members (excludes halogenated alkanes) is 1. The van der Waals surface area contributed by atoms with Gasteiger partial charge >= 0.3 is 36.3 Å². The van der Waals surface area contributed by atoms with Crippen LogP contribution in [0.15, 0.2) is 0 Å². The molecule has 0 unspecified atom stereocenters. The van der Waals surface area contributed by atoms with Crippen LogP contribution in [0.4, 0.5) is 39.5 Å². The summed E-state index contributed by atoms with van der Waals surface area (Å²) in [6.45, 7) is 0.0468. The monoisotopic (exact) mass is 451 g/mol. The molecule has 0 aliphatic rings. The molecule has 0 saturated heterocycles. The molecule has 2 amide bonds. The maximum atomic E-state index is 12.2. The van der Waals surface area contributed by atoms with Gasteiger partial charge in [-0.15, -0.1) is 0 Å². The van der Waals surface area contributed by atoms with Gasteiger partial charge < -0.3 is 16.2 Å². The van der Waals surface area contributed by atoms with Gasteiger partial charge in [0.05, 0.1) is 0 Å². The van der Waals surface area contributed by atoms with E-state index in [0.29, 0.717) is 19.5 Å². The van der Waals surface area contributed by atoms with Crippen molar-refractivity contribution >= 4 is 17.8 Å². The van der Waals surface area contributed by atoms with Crippen molar-refractivity contribution in [2.24, 2.45) is 5.73 Å². The number of carbonyl (C=O) groups is 3. The van der Waals surface area contributed by atoms with Crippen molar-refractivity contribution in [2.45, 2.75) is 37.8 Å². The fraction of sp³-hybridized carbons (Fsp3) is 0.769. The van der Waals surface area contributed by atoms with Gasteiger partial charge in [-0.3, -0.25) is 14.5 Å². The van der Waals surface area contributed by atoms with Gasteiger partial charge in [0.25, 0.3) is 0 Å². The van der Waals surface area contributed by atoms with Crippen LogP contribution in [-0.4, -0.2) is 72.5 Å². The Balaban J connectivity index is 0. The number of aliphatic carboxylic acids is 1. The van der Waals surface area contributed by atoms with Gasteiger partial charge in [0.15, 0.2) is 0 Å². The van der Waals surface area contributed by atoms with Crippen molar-refractivity contribution in [1.29, 1.82) is 0 Å². The summed E-state index contributed by atoms with van der Waals surface area (Å²) in [5, 5.41) is 9.89. The molecular formula is C13H18F9N3O4. The Morgan fingerprint density at radius 3 is 1.45 bits per heavy atom. The number of carbonyl (C=O) groups excluding carboxylic acids is 2. The van der Waals surface area contributed by atoms with Crippen LogP contribution in [0.2, 0.25) is 0 Å². The summed E-state index contributed by atoms with van der Waals surface area (Å²) < 4.78 is 105. The third-order valence-electron chi connectivity index (χ3n) is 2.76. The standard InChI is InChI=1S/C11H17F6N3O2.C2HF3O2/c12-10(13,14)8(21)20(9(22)11(15,16)17)7-3-6-19-5-2-1-4-18;3-2(4,5)1(6)7/h19H,1-7,18H2;(H,6,7). The van der Waals surface area contributed by atoms with Crippen molar-refractivity contribution in [3.63, 3.8) is 0 Å². The first-order valence-corrected chi connectivity index (χ1v) is 7.67. The third kappa shape index (κ3) is 13.7. The van der Waals surface area contributed by atoms with Crippen LogP contribution >= 0.6 is 0 Å². The molecule has 29 heavy (non-hydrogen) atoms. The average Bonchev–Trinajstić information content (AvgIpc) is 2.54. The van der Waals surface area contributed by atoms with Crippen molar-refractivity contribution in [3.8, 4) is 0 Å². The SMILES string of the molecule is NCCCCNCCCN(C(=O)C(F)(F)F)C(=O)C(F)(F)F.O=C(O)C(F)(F)F. The van der Waals surface area contributed by atoms with E-state index < -0.39 is 47.8 Å². The Kier molecular flexibility index (Phi) is 12.5. The van der Waals surface area contributed by atoms with Gasteiger partial charge in [-0.2, -0.15) is 39.5 Å². The minimum Gasteiger partial charge on any atom is -0.475 e. The Bertz CT molecular complexity index is 507.